The van der Waals surface area contributed by atoms with Gasteiger partial charge in [-0.1, -0.05) is 72.8 Å². The first-order chi connectivity index (χ1) is 17.1. The van der Waals surface area contributed by atoms with Gasteiger partial charge in [0.2, 0.25) is 0 Å². The molecule has 35 heavy (non-hydrogen) atoms. The van der Waals surface area contributed by atoms with Crippen LogP contribution in [0.2, 0.25) is 0 Å². The van der Waals surface area contributed by atoms with Gasteiger partial charge in [-0.15, -0.1) is 0 Å². The van der Waals surface area contributed by atoms with Crippen molar-refractivity contribution >= 4 is 17.8 Å². The van der Waals surface area contributed by atoms with Crippen LogP contribution in [0.1, 0.15) is 18.3 Å². The standard InChI is InChI=1S/C28H33N4O2P/c1-2-34-24-15-13-23(14-16-24)27(29-28-17-30-20-31(18-28)22-32(19-28)21-30)35(33,25-9-5-3-6-10-25)26-11-7-4-8-12-26/h3-16,27,29H,2,17-22H2,1H3/t27-/m0/s1. The lowest BCUT2D eigenvalue weighted by Crippen LogP contribution is -2.79. The monoisotopic (exact) mass is 488 g/mol. The summed E-state index contributed by atoms with van der Waals surface area (Å²) >= 11 is 0. The summed E-state index contributed by atoms with van der Waals surface area (Å²) in [7, 11) is -3.12. The molecule has 4 heterocycles. The number of nitrogens with one attached hydrogen (secondary N) is 1. The number of nitrogens with zero attached hydrogens (tertiary/aromatic N) is 3. The Morgan fingerprint density at radius 3 is 1.74 bits per heavy atom. The molecule has 182 valence electrons. The molecule has 3 aromatic carbocycles. The van der Waals surface area contributed by atoms with Crippen LogP contribution in [0.25, 0.3) is 0 Å². The van der Waals surface area contributed by atoms with Crippen molar-refractivity contribution in [3.05, 3.63) is 90.5 Å². The molecular formula is C28H33N4O2P. The smallest absolute Gasteiger partial charge is 0.163 e. The zero-order valence-electron chi connectivity index (χ0n) is 20.2. The first-order valence-electron chi connectivity index (χ1n) is 12.5. The first-order valence-corrected chi connectivity index (χ1v) is 14.2. The normalized spacial score (nSPS) is 28.1. The highest BCUT2D eigenvalue weighted by Crippen LogP contribution is 2.57. The molecule has 4 aliphatic heterocycles. The summed E-state index contributed by atoms with van der Waals surface area (Å²) < 4.78 is 21.2. The van der Waals surface area contributed by atoms with E-state index in [-0.39, 0.29) is 11.3 Å². The van der Waals surface area contributed by atoms with Gasteiger partial charge in [0.15, 0.2) is 7.14 Å². The molecule has 7 rings (SSSR count). The highest BCUT2D eigenvalue weighted by atomic mass is 31.2. The molecule has 0 saturated carbocycles. The van der Waals surface area contributed by atoms with Crippen LogP contribution in [-0.2, 0) is 4.57 Å². The largest absolute Gasteiger partial charge is 0.494 e. The summed E-state index contributed by atoms with van der Waals surface area (Å²) in [5, 5.41) is 5.79. The topological polar surface area (TPSA) is 48.1 Å². The minimum atomic E-state index is -3.12. The Labute approximate surface area is 207 Å². The fourth-order valence-corrected chi connectivity index (χ4v) is 9.36. The number of ether oxygens (including phenoxy) is 1. The van der Waals surface area contributed by atoms with E-state index in [1.54, 1.807) is 0 Å². The molecule has 0 amide bonds. The van der Waals surface area contributed by atoms with Crippen LogP contribution < -0.4 is 20.7 Å². The third kappa shape index (κ3) is 4.24. The SMILES string of the molecule is CCOc1ccc([C@@H](NC23CN4CN(CN(C4)C2)C3)P(=O)(c2ccccc2)c2ccccc2)cc1. The zero-order chi connectivity index (χ0) is 23.9. The van der Waals surface area contributed by atoms with Crippen molar-refractivity contribution < 1.29 is 9.30 Å². The van der Waals surface area contributed by atoms with Crippen molar-refractivity contribution in [3.8, 4) is 5.75 Å². The molecule has 4 fully saturated rings. The van der Waals surface area contributed by atoms with E-state index in [1.807, 2.05) is 79.7 Å². The summed E-state index contributed by atoms with van der Waals surface area (Å²) in [6, 6.07) is 28.2. The van der Waals surface area contributed by atoms with Crippen molar-refractivity contribution in [2.45, 2.75) is 18.2 Å². The summed E-state index contributed by atoms with van der Waals surface area (Å²) in [5.74, 6) is 0.477. The summed E-state index contributed by atoms with van der Waals surface area (Å²) in [6.07, 6.45) is 0. The molecule has 7 heteroatoms. The number of hydrogen-bond donors (Lipinski definition) is 1. The molecule has 1 atom stereocenters. The molecule has 4 aliphatic rings. The first kappa shape index (κ1) is 23.0. The number of rotatable bonds is 8. The molecule has 0 spiro atoms. The second kappa shape index (κ2) is 9.20. The molecule has 0 radical (unpaired) electrons. The van der Waals surface area contributed by atoms with Crippen molar-refractivity contribution in [2.24, 2.45) is 0 Å². The average Bonchev–Trinajstić information content (AvgIpc) is 2.88. The Kier molecular flexibility index (Phi) is 6.03. The predicted molar refractivity (Wildman–Crippen MR) is 141 cm³/mol. The highest BCUT2D eigenvalue weighted by molar-refractivity contribution is 7.79. The summed E-state index contributed by atoms with van der Waals surface area (Å²) in [5.41, 5.74) is 0.886. The van der Waals surface area contributed by atoms with E-state index >= 15 is 4.57 Å². The van der Waals surface area contributed by atoms with Crippen LogP contribution in [0.4, 0.5) is 0 Å². The molecule has 0 aliphatic carbocycles. The van der Waals surface area contributed by atoms with E-state index in [0.717, 1.165) is 61.6 Å². The van der Waals surface area contributed by atoms with Gasteiger partial charge in [-0.05, 0) is 24.6 Å². The van der Waals surface area contributed by atoms with E-state index < -0.39 is 7.14 Å². The lowest BCUT2D eigenvalue weighted by molar-refractivity contribution is -0.150. The van der Waals surface area contributed by atoms with Crippen LogP contribution in [0, 0.1) is 0 Å². The second-order valence-corrected chi connectivity index (χ2v) is 12.9. The Bertz CT molecular complexity index is 1120. The Hall–Kier alpha value is -2.47. The maximum absolute atomic E-state index is 15.5. The Balaban J connectivity index is 1.48. The Morgan fingerprint density at radius 2 is 1.29 bits per heavy atom. The highest BCUT2D eigenvalue weighted by Gasteiger charge is 2.51. The quantitative estimate of drug-likeness (QED) is 0.492. The average molecular weight is 489 g/mol. The lowest BCUT2D eigenvalue weighted by Gasteiger charge is -2.61. The van der Waals surface area contributed by atoms with Gasteiger partial charge in [0.25, 0.3) is 0 Å². The van der Waals surface area contributed by atoms with Gasteiger partial charge < -0.3 is 9.30 Å². The molecular weight excluding hydrogens is 455 g/mol. The minimum Gasteiger partial charge on any atom is -0.494 e. The van der Waals surface area contributed by atoms with Gasteiger partial charge in [-0.3, -0.25) is 20.0 Å². The van der Waals surface area contributed by atoms with Gasteiger partial charge in [0, 0.05) is 30.2 Å². The maximum Gasteiger partial charge on any atom is 0.163 e. The number of hydrogen-bond acceptors (Lipinski definition) is 6. The molecule has 6 nitrogen and oxygen atoms in total. The predicted octanol–water partition coefficient (Wildman–Crippen LogP) is 3.25. The molecule has 4 saturated heterocycles. The fraction of sp³-hybridized carbons (Fsp3) is 0.357. The van der Waals surface area contributed by atoms with Crippen LogP contribution in [0.3, 0.4) is 0 Å². The van der Waals surface area contributed by atoms with Crippen LogP contribution in [0.5, 0.6) is 5.75 Å². The fourth-order valence-electron chi connectivity index (χ4n) is 6.19. The second-order valence-electron chi connectivity index (χ2n) is 10.1. The third-order valence-electron chi connectivity index (χ3n) is 7.37. The lowest BCUT2D eigenvalue weighted by atomic mass is 9.90. The molecule has 1 N–H and O–H groups in total. The van der Waals surface area contributed by atoms with Gasteiger partial charge in [-0.2, -0.15) is 0 Å². The molecule has 0 unspecified atom stereocenters. The molecule has 4 bridgehead atoms. The van der Waals surface area contributed by atoms with Gasteiger partial charge in [0.1, 0.15) is 5.75 Å². The van der Waals surface area contributed by atoms with Crippen molar-refractivity contribution in [1.29, 1.82) is 0 Å². The minimum absolute atomic E-state index is 0.142. The van der Waals surface area contributed by atoms with Crippen LogP contribution >= 0.6 is 7.14 Å². The number of benzene rings is 3. The van der Waals surface area contributed by atoms with E-state index in [0.29, 0.717) is 6.61 Å². The van der Waals surface area contributed by atoms with Gasteiger partial charge in [-0.25, -0.2) is 0 Å². The summed E-state index contributed by atoms with van der Waals surface area (Å²) in [6.45, 7) is 8.57. The zero-order valence-corrected chi connectivity index (χ0v) is 21.1. The van der Waals surface area contributed by atoms with Crippen molar-refractivity contribution in [1.82, 2.24) is 20.0 Å². The van der Waals surface area contributed by atoms with E-state index in [2.05, 4.69) is 32.1 Å². The van der Waals surface area contributed by atoms with Crippen molar-refractivity contribution in [3.63, 3.8) is 0 Å². The maximum atomic E-state index is 15.5. The van der Waals surface area contributed by atoms with Crippen molar-refractivity contribution in [2.75, 3.05) is 46.2 Å². The van der Waals surface area contributed by atoms with Gasteiger partial charge >= 0.3 is 0 Å². The third-order valence-corrected chi connectivity index (χ3v) is 10.7. The Morgan fingerprint density at radius 1 is 0.800 bits per heavy atom. The van der Waals surface area contributed by atoms with Crippen LogP contribution in [0.15, 0.2) is 84.9 Å². The molecule has 3 aromatic rings. The van der Waals surface area contributed by atoms with E-state index in [9.17, 15) is 0 Å². The van der Waals surface area contributed by atoms with E-state index in [4.69, 9.17) is 4.74 Å². The summed E-state index contributed by atoms with van der Waals surface area (Å²) in [4.78, 5) is 7.48. The van der Waals surface area contributed by atoms with E-state index in [1.165, 1.54) is 0 Å². The van der Waals surface area contributed by atoms with Gasteiger partial charge in [0.05, 0.1) is 37.9 Å². The van der Waals surface area contributed by atoms with Crippen LogP contribution in [-0.4, -0.2) is 66.5 Å². The molecule has 0 aromatic heterocycles.